The molecule has 8 heteroatoms. The highest BCUT2D eigenvalue weighted by Gasteiger charge is 2.31. The first kappa shape index (κ1) is 22.8. The molecule has 2 aromatic rings. The predicted octanol–water partition coefficient (Wildman–Crippen LogP) is 2.91. The van der Waals surface area contributed by atoms with E-state index in [0.29, 0.717) is 25.9 Å². The molecule has 2 aliphatic rings. The van der Waals surface area contributed by atoms with Crippen LogP contribution in [-0.4, -0.2) is 55.5 Å². The van der Waals surface area contributed by atoms with Crippen molar-refractivity contribution < 1.29 is 29.0 Å². The van der Waals surface area contributed by atoms with Gasteiger partial charge in [-0.05, 0) is 35.1 Å². The minimum Gasteiger partial charge on any atom is -0.481 e. The normalized spacial score (nSPS) is 18.9. The first-order valence-corrected chi connectivity index (χ1v) is 11.2. The van der Waals surface area contributed by atoms with E-state index in [1.165, 1.54) is 11.1 Å². The fourth-order valence-electron chi connectivity index (χ4n) is 4.42. The SMILES string of the molecule is O=C(CCCNC(=O)OCC1c2ccccc2-c2ccccc21)NCC1CC(C(=O)O)CO1. The highest BCUT2D eigenvalue weighted by Crippen LogP contribution is 2.44. The van der Waals surface area contributed by atoms with Crippen molar-refractivity contribution in [3.8, 4) is 11.1 Å². The Bertz CT molecular complexity index is 978. The zero-order valence-corrected chi connectivity index (χ0v) is 18.3. The highest BCUT2D eigenvalue weighted by molar-refractivity contribution is 5.79. The summed E-state index contributed by atoms with van der Waals surface area (Å²) in [5.41, 5.74) is 4.66. The van der Waals surface area contributed by atoms with Crippen molar-refractivity contribution in [3.63, 3.8) is 0 Å². The van der Waals surface area contributed by atoms with E-state index in [9.17, 15) is 14.4 Å². The summed E-state index contributed by atoms with van der Waals surface area (Å²) < 4.78 is 10.9. The van der Waals surface area contributed by atoms with Gasteiger partial charge in [0.2, 0.25) is 5.91 Å². The summed E-state index contributed by atoms with van der Waals surface area (Å²) >= 11 is 0. The number of rotatable bonds is 9. The van der Waals surface area contributed by atoms with Crippen LogP contribution >= 0.6 is 0 Å². The van der Waals surface area contributed by atoms with Crippen LogP contribution in [0, 0.1) is 5.92 Å². The molecule has 4 rings (SSSR count). The Labute approximate surface area is 192 Å². The molecule has 2 atom stereocenters. The maximum atomic E-state index is 12.2. The molecule has 1 aliphatic carbocycles. The van der Waals surface area contributed by atoms with Crippen molar-refractivity contribution in [2.45, 2.75) is 31.3 Å². The van der Waals surface area contributed by atoms with E-state index in [-0.39, 0.29) is 37.6 Å². The van der Waals surface area contributed by atoms with Crippen molar-refractivity contribution in [1.82, 2.24) is 10.6 Å². The van der Waals surface area contributed by atoms with Gasteiger partial charge in [0.25, 0.3) is 0 Å². The molecule has 2 unspecified atom stereocenters. The van der Waals surface area contributed by atoms with Gasteiger partial charge in [0, 0.05) is 25.4 Å². The molecule has 1 fully saturated rings. The predicted molar refractivity (Wildman–Crippen MR) is 121 cm³/mol. The summed E-state index contributed by atoms with van der Waals surface area (Å²) in [6.45, 7) is 1.05. The summed E-state index contributed by atoms with van der Waals surface area (Å²) in [6, 6.07) is 16.3. The molecule has 0 saturated carbocycles. The molecule has 0 spiro atoms. The third kappa shape index (κ3) is 5.51. The average molecular weight is 453 g/mol. The Morgan fingerprint density at radius 3 is 2.30 bits per heavy atom. The number of carboxylic acids is 1. The molecule has 0 bridgehead atoms. The monoisotopic (exact) mass is 452 g/mol. The highest BCUT2D eigenvalue weighted by atomic mass is 16.5. The molecular weight excluding hydrogens is 424 g/mol. The zero-order chi connectivity index (χ0) is 23.2. The van der Waals surface area contributed by atoms with E-state index in [1.54, 1.807) is 0 Å². The molecule has 0 aromatic heterocycles. The van der Waals surface area contributed by atoms with Crippen molar-refractivity contribution in [3.05, 3.63) is 59.7 Å². The first-order chi connectivity index (χ1) is 16.0. The lowest BCUT2D eigenvalue weighted by Gasteiger charge is -2.14. The minimum absolute atomic E-state index is 0.00691. The van der Waals surface area contributed by atoms with Gasteiger partial charge in [-0.2, -0.15) is 0 Å². The molecule has 2 amide bonds. The number of alkyl carbamates (subject to hydrolysis) is 1. The second-order valence-corrected chi connectivity index (χ2v) is 8.39. The summed E-state index contributed by atoms with van der Waals surface area (Å²) in [5, 5.41) is 14.4. The third-order valence-corrected chi connectivity index (χ3v) is 6.15. The summed E-state index contributed by atoms with van der Waals surface area (Å²) in [6.07, 6.45) is 0.349. The van der Waals surface area contributed by atoms with Gasteiger partial charge in [-0.25, -0.2) is 4.79 Å². The van der Waals surface area contributed by atoms with Crippen LogP contribution in [0.15, 0.2) is 48.5 Å². The maximum absolute atomic E-state index is 12.2. The smallest absolute Gasteiger partial charge is 0.407 e. The number of aliphatic carboxylic acids is 1. The van der Waals surface area contributed by atoms with Gasteiger partial charge in [0.1, 0.15) is 6.61 Å². The molecule has 1 aliphatic heterocycles. The van der Waals surface area contributed by atoms with Gasteiger partial charge in [-0.1, -0.05) is 48.5 Å². The molecule has 0 radical (unpaired) electrons. The van der Waals surface area contributed by atoms with E-state index in [0.717, 1.165) is 11.1 Å². The Balaban J connectivity index is 1.14. The van der Waals surface area contributed by atoms with Gasteiger partial charge in [-0.3, -0.25) is 9.59 Å². The quantitative estimate of drug-likeness (QED) is 0.504. The summed E-state index contributed by atoms with van der Waals surface area (Å²) in [4.78, 5) is 35.1. The van der Waals surface area contributed by atoms with Crippen LogP contribution in [0.3, 0.4) is 0 Å². The molecule has 1 saturated heterocycles. The van der Waals surface area contributed by atoms with Crippen LogP contribution in [0.4, 0.5) is 4.79 Å². The van der Waals surface area contributed by atoms with Crippen molar-refractivity contribution in [2.24, 2.45) is 5.92 Å². The first-order valence-electron chi connectivity index (χ1n) is 11.2. The van der Waals surface area contributed by atoms with Crippen molar-refractivity contribution >= 4 is 18.0 Å². The average Bonchev–Trinajstić information content (AvgIpc) is 3.42. The van der Waals surface area contributed by atoms with Gasteiger partial charge in [-0.15, -0.1) is 0 Å². The van der Waals surface area contributed by atoms with E-state index >= 15 is 0 Å². The van der Waals surface area contributed by atoms with E-state index in [4.69, 9.17) is 14.6 Å². The number of carbonyl (C=O) groups is 3. The number of amides is 2. The Morgan fingerprint density at radius 1 is 1.00 bits per heavy atom. The van der Waals surface area contributed by atoms with Crippen LogP contribution in [0.2, 0.25) is 0 Å². The number of carbonyl (C=O) groups excluding carboxylic acids is 2. The second kappa shape index (κ2) is 10.5. The van der Waals surface area contributed by atoms with Gasteiger partial charge in [0.15, 0.2) is 0 Å². The molecule has 2 aromatic carbocycles. The molecule has 174 valence electrons. The van der Waals surface area contributed by atoms with Crippen LogP contribution in [0.1, 0.15) is 36.3 Å². The number of benzene rings is 2. The van der Waals surface area contributed by atoms with Gasteiger partial charge >= 0.3 is 12.1 Å². The lowest BCUT2D eigenvalue weighted by molar-refractivity contribution is -0.141. The summed E-state index contributed by atoms with van der Waals surface area (Å²) in [7, 11) is 0. The summed E-state index contributed by atoms with van der Waals surface area (Å²) in [5.74, 6) is -1.53. The Hall–Kier alpha value is -3.39. The molecule has 33 heavy (non-hydrogen) atoms. The fourth-order valence-corrected chi connectivity index (χ4v) is 4.42. The zero-order valence-electron chi connectivity index (χ0n) is 18.3. The van der Waals surface area contributed by atoms with E-state index < -0.39 is 18.0 Å². The number of fused-ring (bicyclic) bond motifs is 3. The van der Waals surface area contributed by atoms with Gasteiger partial charge in [0.05, 0.1) is 18.6 Å². The maximum Gasteiger partial charge on any atom is 0.407 e. The molecule has 3 N–H and O–H groups in total. The minimum atomic E-state index is -0.872. The van der Waals surface area contributed by atoms with Gasteiger partial charge < -0.3 is 25.2 Å². The van der Waals surface area contributed by atoms with Crippen LogP contribution in [0.5, 0.6) is 0 Å². The Morgan fingerprint density at radius 2 is 1.67 bits per heavy atom. The fraction of sp³-hybridized carbons (Fsp3) is 0.400. The third-order valence-electron chi connectivity index (χ3n) is 6.15. The van der Waals surface area contributed by atoms with Crippen LogP contribution < -0.4 is 10.6 Å². The van der Waals surface area contributed by atoms with Crippen LogP contribution in [-0.2, 0) is 19.1 Å². The number of hydrogen-bond donors (Lipinski definition) is 3. The molecule has 8 nitrogen and oxygen atoms in total. The standard InChI is InChI=1S/C25H28N2O6/c28-23(27-13-17-12-16(14-32-17)24(29)30)10-5-11-26-25(31)33-15-22-20-8-3-1-6-18(20)19-7-2-4-9-21(19)22/h1-4,6-9,16-17,22H,5,10-15H2,(H,26,31)(H,27,28)(H,29,30). The lowest BCUT2D eigenvalue weighted by atomic mass is 9.98. The second-order valence-electron chi connectivity index (χ2n) is 8.39. The topological polar surface area (TPSA) is 114 Å². The number of nitrogens with one attached hydrogen (secondary N) is 2. The largest absolute Gasteiger partial charge is 0.481 e. The van der Waals surface area contributed by atoms with Crippen LogP contribution in [0.25, 0.3) is 11.1 Å². The number of ether oxygens (including phenoxy) is 2. The van der Waals surface area contributed by atoms with E-state index in [1.807, 2.05) is 24.3 Å². The number of carboxylic acid groups (broad SMARTS) is 1. The molecule has 1 heterocycles. The Kier molecular flexibility index (Phi) is 7.24. The lowest BCUT2D eigenvalue weighted by Crippen LogP contribution is -2.33. The van der Waals surface area contributed by atoms with Crippen molar-refractivity contribution in [2.75, 3.05) is 26.3 Å². The number of hydrogen-bond acceptors (Lipinski definition) is 5. The van der Waals surface area contributed by atoms with E-state index in [2.05, 4.69) is 34.9 Å². The van der Waals surface area contributed by atoms with Crippen molar-refractivity contribution in [1.29, 1.82) is 0 Å². The molecular formula is C25H28N2O6.